The number of halogens is 1. The zero-order chi connectivity index (χ0) is 16.0. The second-order valence-corrected chi connectivity index (χ2v) is 8.22. The Morgan fingerprint density at radius 2 is 2.48 bits per heavy atom. The van der Waals surface area contributed by atoms with Crippen LogP contribution < -0.4 is 0 Å². The van der Waals surface area contributed by atoms with Gasteiger partial charge in [-0.15, -0.1) is 11.3 Å². The summed E-state index contributed by atoms with van der Waals surface area (Å²) in [4.78, 5) is 3.58. The maximum Gasteiger partial charge on any atom is 0.105 e. The Bertz CT molecular complexity index is 690. The molecule has 4 rings (SSSR count). The molecule has 0 aliphatic carbocycles. The Labute approximate surface area is 144 Å². The van der Waals surface area contributed by atoms with Gasteiger partial charge in [0.05, 0.1) is 17.1 Å². The predicted molar refractivity (Wildman–Crippen MR) is 89.6 cm³/mol. The van der Waals surface area contributed by atoms with Crippen molar-refractivity contribution in [3.8, 4) is 0 Å². The lowest BCUT2D eigenvalue weighted by Gasteiger charge is -2.47. The third-order valence-corrected chi connectivity index (χ3v) is 6.48. The fourth-order valence-corrected chi connectivity index (χ4v) is 5.27. The van der Waals surface area contributed by atoms with E-state index in [0.29, 0.717) is 12.6 Å². The fourth-order valence-electron chi connectivity index (χ4n) is 3.79. The maximum atomic E-state index is 10.2. The molecule has 2 aromatic heterocycles. The van der Waals surface area contributed by atoms with E-state index in [1.807, 2.05) is 18.5 Å². The molecule has 0 bridgehead atoms. The molecule has 0 amide bonds. The molecule has 3 atom stereocenters. The number of piperidine rings is 1. The summed E-state index contributed by atoms with van der Waals surface area (Å²) in [5, 5.41) is 17.1. The highest BCUT2D eigenvalue weighted by Gasteiger charge is 2.46. The van der Waals surface area contributed by atoms with Crippen LogP contribution in [0.1, 0.15) is 41.9 Å². The number of aliphatic hydroxyl groups excluding tert-OH is 1. The summed E-state index contributed by atoms with van der Waals surface area (Å²) >= 11 is 7.76. The number of fused-ring (bicyclic) bond motifs is 2. The lowest BCUT2D eigenvalue weighted by atomic mass is 9.81. The fraction of sp³-hybridized carbons (Fsp3) is 0.562. The number of rotatable bonds is 2. The van der Waals surface area contributed by atoms with Crippen LogP contribution in [0.4, 0.5) is 0 Å². The van der Waals surface area contributed by atoms with Crippen molar-refractivity contribution in [1.29, 1.82) is 0 Å². The van der Waals surface area contributed by atoms with Gasteiger partial charge in [-0.2, -0.15) is 5.10 Å². The van der Waals surface area contributed by atoms with Crippen molar-refractivity contribution in [2.45, 2.75) is 44.1 Å². The summed E-state index contributed by atoms with van der Waals surface area (Å²) in [5.74, 6) is 0. The quantitative estimate of drug-likeness (QED) is 0.871. The highest BCUT2D eigenvalue weighted by atomic mass is 35.5. The predicted octanol–water partition coefficient (Wildman–Crippen LogP) is 3.07. The molecule has 5 nitrogen and oxygen atoms in total. The van der Waals surface area contributed by atoms with Gasteiger partial charge in [-0.1, -0.05) is 11.6 Å². The highest BCUT2D eigenvalue weighted by Crippen LogP contribution is 2.50. The molecule has 2 aromatic rings. The molecule has 0 aromatic carbocycles. The number of thiophene rings is 1. The van der Waals surface area contributed by atoms with Crippen LogP contribution in [0.15, 0.2) is 18.5 Å². The minimum Gasteiger partial charge on any atom is -0.386 e. The zero-order valence-electron chi connectivity index (χ0n) is 13.0. The van der Waals surface area contributed by atoms with E-state index in [9.17, 15) is 5.11 Å². The van der Waals surface area contributed by atoms with Crippen molar-refractivity contribution in [3.63, 3.8) is 0 Å². The van der Waals surface area contributed by atoms with Crippen LogP contribution in [0.2, 0.25) is 4.34 Å². The van der Waals surface area contributed by atoms with Gasteiger partial charge in [0.1, 0.15) is 11.7 Å². The molecule has 0 saturated carbocycles. The normalized spacial score (nSPS) is 31.4. The van der Waals surface area contributed by atoms with E-state index >= 15 is 0 Å². The number of nitrogens with zero attached hydrogens (tertiary/aromatic N) is 2. The third-order valence-electron chi connectivity index (χ3n) is 5.01. The first-order valence-electron chi connectivity index (χ1n) is 7.91. The molecule has 2 aliphatic heterocycles. The van der Waals surface area contributed by atoms with Crippen molar-refractivity contribution in [2.24, 2.45) is 0 Å². The summed E-state index contributed by atoms with van der Waals surface area (Å²) in [5.41, 5.74) is 1.87. The van der Waals surface area contributed by atoms with Crippen LogP contribution in [0.3, 0.4) is 0 Å². The van der Waals surface area contributed by atoms with Gasteiger partial charge in [0.2, 0.25) is 0 Å². The average molecular weight is 354 g/mol. The molecule has 4 heterocycles. The SMILES string of the molecule is C[C@H]1C[C@@]2(CCN1Cc1cn[nH]c1)OCC(O)c1cc(Cl)sc12. The van der Waals surface area contributed by atoms with Gasteiger partial charge in [-0.05, 0) is 25.8 Å². The molecule has 2 N–H and O–H groups in total. The standard InChI is InChI=1S/C16H20ClN3O2S/c1-10-5-16(2-3-20(10)8-11-6-18-19-7-11)15-12(4-14(17)23-15)13(21)9-22-16/h4,6-7,10,13,21H,2-3,5,8-9H2,1H3,(H,18,19)/t10-,13?,16+/m0/s1. The second kappa shape index (κ2) is 5.86. The summed E-state index contributed by atoms with van der Waals surface area (Å²) in [6, 6.07) is 2.29. The zero-order valence-corrected chi connectivity index (χ0v) is 14.5. The smallest absolute Gasteiger partial charge is 0.105 e. The number of nitrogens with one attached hydrogen (secondary N) is 1. The molecule has 1 saturated heterocycles. The van der Waals surface area contributed by atoms with Gasteiger partial charge in [0.25, 0.3) is 0 Å². The van der Waals surface area contributed by atoms with E-state index in [2.05, 4.69) is 22.0 Å². The van der Waals surface area contributed by atoms with E-state index in [-0.39, 0.29) is 5.60 Å². The number of ether oxygens (including phenoxy) is 1. The van der Waals surface area contributed by atoms with Gasteiger partial charge < -0.3 is 9.84 Å². The molecule has 7 heteroatoms. The minimum absolute atomic E-state index is 0.293. The maximum absolute atomic E-state index is 10.2. The number of aromatic amines is 1. The Morgan fingerprint density at radius 3 is 3.22 bits per heavy atom. The largest absolute Gasteiger partial charge is 0.386 e. The minimum atomic E-state index is -0.557. The van der Waals surface area contributed by atoms with E-state index in [0.717, 1.165) is 40.7 Å². The van der Waals surface area contributed by atoms with E-state index < -0.39 is 6.10 Å². The van der Waals surface area contributed by atoms with Crippen molar-refractivity contribution < 1.29 is 9.84 Å². The van der Waals surface area contributed by atoms with Crippen LogP contribution in [-0.4, -0.2) is 39.4 Å². The molecule has 1 spiro atoms. The Morgan fingerprint density at radius 1 is 1.61 bits per heavy atom. The van der Waals surface area contributed by atoms with Gasteiger partial charge >= 0.3 is 0 Å². The van der Waals surface area contributed by atoms with E-state index in [4.69, 9.17) is 16.3 Å². The molecule has 124 valence electrons. The Balaban J connectivity index is 1.57. The Kier molecular flexibility index (Phi) is 3.98. The molecular formula is C16H20ClN3O2S. The second-order valence-electron chi connectivity index (χ2n) is 6.54. The lowest BCUT2D eigenvalue weighted by Crippen LogP contribution is -2.50. The van der Waals surface area contributed by atoms with Gasteiger partial charge in [-0.25, -0.2) is 0 Å². The number of aliphatic hydroxyl groups is 1. The highest BCUT2D eigenvalue weighted by molar-refractivity contribution is 7.16. The Hall–Kier alpha value is -0.920. The van der Waals surface area contributed by atoms with Crippen LogP contribution in [-0.2, 0) is 16.9 Å². The van der Waals surface area contributed by atoms with Gasteiger partial charge in [-0.3, -0.25) is 10.00 Å². The summed E-state index contributed by atoms with van der Waals surface area (Å²) in [6.45, 7) is 4.45. The summed E-state index contributed by atoms with van der Waals surface area (Å²) < 4.78 is 6.90. The number of hydrogen-bond acceptors (Lipinski definition) is 5. The van der Waals surface area contributed by atoms with Gasteiger partial charge in [0.15, 0.2) is 0 Å². The number of H-pyrrole nitrogens is 1. The molecule has 1 fully saturated rings. The number of hydrogen-bond donors (Lipinski definition) is 2. The van der Waals surface area contributed by atoms with Crippen molar-refractivity contribution in [2.75, 3.05) is 13.2 Å². The van der Waals surface area contributed by atoms with Crippen LogP contribution in [0.5, 0.6) is 0 Å². The molecular weight excluding hydrogens is 334 g/mol. The molecule has 1 unspecified atom stereocenters. The van der Waals surface area contributed by atoms with E-state index in [1.54, 1.807) is 11.3 Å². The monoisotopic (exact) mass is 353 g/mol. The summed E-state index contributed by atoms with van der Waals surface area (Å²) in [6.07, 6.45) is 5.11. The molecule has 23 heavy (non-hydrogen) atoms. The van der Waals surface area contributed by atoms with Crippen LogP contribution in [0, 0.1) is 0 Å². The summed E-state index contributed by atoms with van der Waals surface area (Å²) in [7, 11) is 0. The van der Waals surface area contributed by atoms with Gasteiger partial charge in [0, 0.05) is 41.3 Å². The molecule has 0 radical (unpaired) electrons. The van der Waals surface area contributed by atoms with Crippen molar-refractivity contribution in [3.05, 3.63) is 38.8 Å². The topological polar surface area (TPSA) is 61.4 Å². The van der Waals surface area contributed by atoms with Crippen molar-refractivity contribution >= 4 is 22.9 Å². The van der Waals surface area contributed by atoms with Crippen molar-refractivity contribution in [1.82, 2.24) is 15.1 Å². The number of likely N-dealkylation sites (tertiary alicyclic amines) is 1. The molecule has 2 aliphatic rings. The number of aromatic nitrogens is 2. The van der Waals surface area contributed by atoms with Crippen LogP contribution >= 0.6 is 22.9 Å². The first-order chi connectivity index (χ1) is 11.1. The lowest BCUT2D eigenvalue weighted by molar-refractivity contribution is -0.139. The first-order valence-corrected chi connectivity index (χ1v) is 9.10. The van der Waals surface area contributed by atoms with Crippen LogP contribution in [0.25, 0.3) is 0 Å². The third kappa shape index (κ3) is 2.72. The van der Waals surface area contributed by atoms with E-state index in [1.165, 1.54) is 5.56 Å². The average Bonchev–Trinajstić information content (AvgIpc) is 3.16. The first kappa shape index (κ1) is 15.6.